The van der Waals surface area contributed by atoms with E-state index in [2.05, 4.69) is 34.0 Å². The minimum absolute atomic E-state index is 0.104. The number of aromatic nitrogens is 2. The first-order valence-corrected chi connectivity index (χ1v) is 9.69. The van der Waals surface area contributed by atoms with E-state index in [1.54, 1.807) is 19.2 Å². The molecule has 2 amide bonds. The van der Waals surface area contributed by atoms with Crippen LogP contribution in [-0.2, 0) is 16.1 Å². The number of benzene rings is 2. The lowest BCUT2D eigenvalue weighted by atomic mass is 9.89. The molecular formula is C22H24N4O3. The van der Waals surface area contributed by atoms with E-state index in [4.69, 9.17) is 4.74 Å². The van der Waals surface area contributed by atoms with Gasteiger partial charge < -0.3 is 19.9 Å². The van der Waals surface area contributed by atoms with Crippen LogP contribution in [0.1, 0.15) is 43.6 Å². The standard InChI is InChI=1S/C22H24N4O3/c1-13(2)26-19-7-5-4-6-18(19)24-20(26)12-23-22(28)16-11-21(27)25-17-9-8-14(29-3)10-15(16)17/h4-10,13,16H,11-12H2,1-3H3,(H,23,28)(H,25,27)/t16-/m1/s1. The first-order valence-electron chi connectivity index (χ1n) is 9.69. The van der Waals surface area contributed by atoms with Crippen LogP contribution >= 0.6 is 0 Å². The SMILES string of the molecule is COc1ccc2c(c1)[C@H](C(=O)NCc1nc3ccccc3n1C(C)C)CC(=O)N2. The molecule has 0 fully saturated rings. The van der Waals surface area contributed by atoms with Crippen molar-refractivity contribution in [2.75, 3.05) is 12.4 Å². The van der Waals surface area contributed by atoms with E-state index < -0.39 is 5.92 Å². The molecule has 1 aliphatic rings. The van der Waals surface area contributed by atoms with Crippen LogP contribution in [0, 0.1) is 0 Å². The predicted molar refractivity (Wildman–Crippen MR) is 111 cm³/mol. The van der Waals surface area contributed by atoms with Gasteiger partial charge in [0, 0.05) is 18.2 Å². The van der Waals surface area contributed by atoms with Gasteiger partial charge in [0.25, 0.3) is 0 Å². The topological polar surface area (TPSA) is 85.2 Å². The van der Waals surface area contributed by atoms with Crippen LogP contribution in [-0.4, -0.2) is 28.5 Å². The summed E-state index contributed by atoms with van der Waals surface area (Å²) in [4.78, 5) is 29.8. The molecule has 0 radical (unpaired) electrons. The van der Waals surface area contributed by atoms with Gasteiger partial charge >= 0.3 is 0 Å². The van der Waals surface area contributed by atoms with Gasteiger partial charge in [0.1, 0.15) is 11.6 Å². The van der Waals surface area contributed by atoms with E-state index in [1.165, 1.54) is 0 Å². The number of methoxy groups -OCH3 is 1. The van der Waals surface area contributed by atoms with Gasteiger partial charge in [-0.3, -0.25) is 9.59 Å². The van der Waals surface area contributed by atoms with Crippen LogP contribution in [0.25, 0.3) is 11.0 Å². The van der Waals surface area contributed by atoms with Crippen LogP contribution in [0.15, 0.2) is 42.5 Å². The first kappa shape index (κ1) is 19.0. The normalized spacial score (nSPS) is 15.9. The van der Waals surface area contributed by atoms with Gasteiger partial charge in [-0.2, -0.15) is 0 Å². The second-order valence-corrected chi connectivity index (χ2v) is 7.46. The number of hydrogen-bond acceptors (Lipinski definition) is 4. The summed E-state index contributed by atoms with van der Waals surface area (Å²) in [7, 11) is 1.58. The third kappa shape index (κ3) is 3.55. The highest BCUT2D eigenvalue weighted by Gasteiger charge is 2.31. The van der Waals surface area contributed by atoms with Crippen molar-refractivity contribution in [2.45, 2.75) is 38.8 Å². The van der Waals surface area contributed by atoms with Gasteiger partial charge in [-0.25, -0.2) is 4.98 Å². The molecule has 7 heteroatoms. The molecule has 0 bridgehead atoms. The summed E-state index contributed by atoms with van der Waals surface area (Å²) in [5.74, 6) is 0.514. The van der Waals surface area contributed by atoms with Crippen LogP contribution < -0.4 is 15.4 Å². The molecule has 1 aliphatic heterocycles. The largest absolute Gasteiger partial charge is 0.497 e. The zero-order chi connectivity index (χ0) is 20.5. The van der Waals surface area contributed by atoms with Gasteiger partial charge in [0.2, 0.25) is 11.8 Å². The fourth-order valence-corrected chi connectivity index (χ4v) is 3.89. The van der Waals surface area contributed by atoms with Crippen molar-refractivity contribution in [3.05, 3.63) is 53.9 Å². The number of rotatable bonds is 5. The van der Waals surface area contributed by atoms with Gasteiger partial charge in [0.15, 0.2) is 0 Å². The number of nitrogens with zero attached hydrogens (tertiary/aromatic N) is 2. The molecule has 0 saturated carbocycles. The molecule has 0 spiro atoms. The van der Waals surface area contributed by atoms with E-state index in [0.29, 0.717) is 18.0 Å². The molecule has 4 rings (SSSR count). The number of hydrogen-bond donors (Lipinski definition) is 2. The molecule has 1 atom stereocenters. The van der Waals surface area contributed by atoms with Crippen LogP contribution in [0.3, 0.4) is 0 Å². The Morgan fingerprint density at radius 3 is 2.86 bits per heavy atom. The van der Waals surface area contributed by atoms with Crippen molar-refractivity contribution in [1.29, 1.82) is 0 Å². The number of nitrogens with one attached hydrogen (secondary N) is 2. The Balaban J connectivity index is 1.59. The van der Waals surface area contributed by atoms with Gasteiger partial charge in [-0.15, -0.1) is 0 Å². The Bertz CT molecular complexity index is 1090. The summed E-state index contributed by atoms with van der Waals surface area (Å²) in [5.41, 5.74) is 3.35. The quantitative estimate of drug-likeness (QED) is 0.697. The molecule has 0 unspecified atom stereocenters. The average Bonchev–Trinajstić information content (AvgIpc) is 3.09. The Kier molecular flexibility index (Phi) is 4.96. The van der Waals surface area contributed by atoms with Crippen molar-refractivity contribution in [3.63, 3.8) is 0 Å². The van der Waals surface area contributed by atoms with Gasteiger partial charge in [-0.05, 0) is 49.7 Å². The maximum absolute atomic E-state index is 13.0. The number of ether oxygens (including phenoxy) is 1. The van der Waals surface area contributed by atoms with Crippen LogP contribution in [0.4, 0.5) is 5.69 Å². The number of imidazole rings is 1. The van der Waals surface area contributed by atoms with Crippen molar-refractivity contribution in [3.8, 4) is 5.75 Å². The van der Waals surface area contributed by atoms with Crippen molar-refractivity contribution >= 4 is 28.5 Å². The summed E-state index contributed by atoms with van der Waals surface area (Å²) in [6.07, 6.45) is 0.104. The maximum atomic E-state index is 13.0. The molecule has 1 aromatic heterocycles. The molecule has 29 heavy (non-hydrogen) atoms. The zero-order valence-corrected chi connectivity index (χ0v) is 16.7. The summed E-state index contributed by atoms with van der Waals surface area (Å²) < 4.78 is 7.41. The van der Waals surface area contributed by atoms with Crippen LogP contribution in [0.2, 0.25) is 0 Å². The first-order chi connectivity index (χ1) is 14.0. The summed E-state index contributed by atoms with van der Waals surface area (Å²) in [5, 5.41) is 5.80. The van der Waals surface area contributed by atoms with Crippen molar-refractivity contribution < 1.29 is 14.3 Å². The highest BCUT2D eigenvalue weighted by atomic mass is 16.5. The maximum Gasteiger partial charge on any atom is 0.228 e. The van der Waals surface area contributed by atoms with E-state index in [-0.39, 0.29) is 24.3 Å². The van der Waals surface area contributed by atoms with Crippen molar-refractivity contribution in [1.82, 2.24) is 14.9 Å². The Hall–Kier alpha value is -3.35. The molecule has 150 valence electrons. The number of carbonyl (C=O) groups excluding carboxylic acids is 2. The Morgan fingerprint density at radius 1 is 1.31 bits per heavy atom. The molecule has 2 heterocycles. The number of carbonyl (C=O) groups is 2. The fraction of sp³-hybridized carbons (Fsp3) is 0.318. The third-order valence-corrected chi connectivity index (χ3v) is 5.22. The number of fused-ring (bicyclic) bond motifs is 2. The number of anilines is 1. The monoisotopic (exact) mass is 392 g/mol. The molecule has 3 aromatic rings. The molecule has 0 saturated heterocycles. The lowest BCUT2D eigenvalue weighted by Crippen LogP contribution is -2.35. The molecule has 2 aromatic carbocycles. The second kappa shape index (κ2) is 7.58. The average molecular weight is 392 g/mol. The molecule has 7 nitrogen and oxygen atoms in total. The van der Waals surface area contributed by atoms with E-state index in [9.17, 15) is 9.59 Å². The number of para-hydroxylation sites is 2. The van der Waals surface area contributed by atoms with Gasteiger partial charge in [-0.1, -0.05) is 12.1 Å². The summed E-state index contributed by atoms with van der Waals surface area (Å²) in [6.45, 7) is 4.48. The number of amides is 2. The second-order valence-electron chi connectivity index (χ2n) is 7.46. The van der Waals surface area contributed by atoms with Gasteiger partial charge in [0.05, 0.1) is 30.6 Å². The lowest BCUT2D eigenvalue weighted by molar-refractivity contribution is -0.126. The molecule has 0 aliphatic carbocycles. The summed E-state index contributed by atoms with van der Waals surface area (Å²) >= 11 is 0. The van der Waals surface area contributed by atoms with Crippen LogP contribution in [0.5, 0.6) is 5.75 Å². The lowest BCUT2D eigenvalue weighted by Gasteiger charge is -2.25. The smallest absolute Gasteiger partial charge is 0.228 e. The molecule has 2 N–H and O–H groups in total. The molecular weight excluding hydrogens is 368 g/mol. The van der Waals surface area contributed by atoms with E-state index >= 15 is 0 Å². The van der Waals surface area contributed by atoms with E-state index in [0.717, 1.165) is 22.4 Å². The third-order valence-electron chi connectivity index (χ3n) is 5.22. The highest BCUT2D eigenvalue weighted by molar-refractivity contribution is 6.01. The fourth-order valence-electron chi connectivity index (χ4n) is 3.89. The predicted octanol–water partition coefficient (Wildman–Crippen LogP) is 3.37. The Morgan fingerprint density at radius 2 is 2.10 bits per heavy atom. The zero-order valence-electron chi connectivity index (χ0n) is 16.7. The highest BCUT2D eigenvalue weighted by Crippen LogP contribution is 2.35. The summed E-state index contributed by atoms with van der Waals surface area (Å²) in [6, 6.07) is 13.5. The van der Waals surface area contributed by atoms with Crippen molar-refractivity contribution in [2.24, 2.45) is 0 Å². The Labute approximate surface area is 169 Å². The van der Waals surface area contributed by atoms with E-state index in [1.807, 2.05) is 30.3 Å². The minimum atomic E-state index is -0.564. The minimum Gasteiger partial charge on any atom is -0.497 e.